The molecule has 1 aromatic heterocycles. The van der Waals surface area contributed by atoms with Crippen LogP contribution in [0.1, 0.15) is 15.9 Å². The monoisotopic (exact) mass is 251 g/mol. The van der Waals surface area contributed by atoms with E-state index >= 15 is 0 Å². The summed E-state index contributed by atoms with van der Waals surface area (Å²) in [5, 5.41) is 3.83. The van der Waals surface area contributed by atoms with Crippen molar-refractivity contribution in [2.75, 3.05) is 0 Å². The van der Waals surface area contributed by atoms with Gasteiger partial charge in [0.1, 0.15) is 0 Å². The number of benzene rings is 1. The summed E-state index contributed by atoms with van der Waals surface area (Å²) in [4.78, 5) is 15.4. The van der Waals surface area contributed by atoms with Gasteiger partial charge in [0.2, 0.25) is 0 Å². The maximum absolute atomic E-state index is 11.6. The van der Waals surface area contributed by atoms with Crippen LogP contribution in [0.2, 0.25) is 0 Å². The molecule has 4 nitrogen and oxygen atoms in total. The van der Waals surface area contributed by atoms with Crippen LogP contribution in [-0.2, 0) is 0 Å². The lowest BCUT2D eigenvalue weighted by Gasteiger charge is -1.97. The fourth-order valence-electron chi connectivity index (χ4n) is 1.43. The molecule has 0 unspecified atom stereocenters. The van der Waals surface area contributed by atoms with Crippen LogP contribution in [0.3, 0.4) is 0 Å². The Morgan fingerprint density at radius 1 is 1.11 bits per heavy atom. The van der Waals surface area contributed by atoms with Gasteiger partial charge in [-0.05, 0) is 23.8 Å². The summed E-state index contributed by atoms with van der Waals surface area (Å²) >= 11 is 0. The highest BCUT2D eigenvalue weighted by molar-refractivity contribution is 5.94. The second-order valence-corrected chi connectivity index (χ2v) is 3.72. The smallest absolute Gasteiger partial charge is 0.267 e. The summed E-state index contributed by atoms with van der Waals surface area (Å²) in [6.07, 6.45) is 8.33. The van der Waals surface area contributed by atoms with Crippen LogP contribution in [0.5, 0.6) is 0 Å². The highest BCUT2D eigenvalue weighted by atomic mass is 16.2. The van der Waals surface area contributed by atoms with Gasteiger partial charge in [-0.15, -0.1) is 0 Å². The van der Waals surface area contributed by atoms with Gasteiger partial charge in [-0.25, -0.2) is 5.43 Å². The van der Waals surface area contributed by atoms with E-state index < -0.39 is 0 Å². The molecule has 2 aromatic rings. The van der Waals surface area contributed by atoms with Gasteiger partial charge in [-0.3, -0.25) is 9.78 Å². The Morgan fingerprint density at radius 2 is 1.84 bits per heavy atom. The largest absolute Gasteiger partial charge is 0.271 e. The molecule has 0 aliphatic heterocycles. The lowest BCUT2D eigenvalue weighted by Crippen LogP contribution is -2.17. The normalized spacial score (nSPS) is 10.9. The summed E-state index contributed by atoms with van der Waals surface area (Å²) in [5.41, 5.74) is 4.04. The van der Waals surface area contributed by atoms with E-state index in [2.05, 4.69) is 15.5 Å². The van der Waals surface area contributed by atoms with Crippen LogP contribution in [0, 0.1) is 0 Å². The number of pyridine rings is 1. The SMILES string of the molecule is O=C(N/N=C\C=C/c1ccccc1)c1ccncc1. The summed E-state index contributed by atoms with van der Waals surface area (Å²) in [6.45, 7) is 0. The third kappa shape index (κ3) is 4.20. The first-order valence-electron chi connectivity index (χ1n) is 5.81. The average molecular weight is 251 g/mol. The molecule has 0 radical (unpaired) electrons. The third-order valence-electron chi connectivity index (χ3n) is 2.36. The molecule has 19 heavy (non-hydrogen) atoms. The minimum atomic E-state index is -0.258. The Bertz CT molecular complexity index is 577. The molecule has 0 spiro atoms. The zero-order valence-corrected chi connectivity index (χ0v) is 10.2. The van der Waals surface area contributed by atoms with E-state index in [0.717, 1.165) is 5.56 Å². The maximum Gasteiger partial charge on any atom is 0.271 e. The minimum absolute atomic E-state index is 0.258. The number of allylic oxidation sites excluding steroid dienone is 1. The average Bonchev–Trinajstić information content (AvgIpc) is 2.49. The predicted octanol–water partition coefficient (Wildman–Crippen LogP) is 2.51. The number of aromatic nitrogens is 1. The molecule has 0 aliphatic rings. The van der Waals surface area contributed by atoms with E-state index in [9.17, 15) is 4.79 Å². The second-order valence-electron chi connectivity index (χ2n) is 3.72. The van der Waals surface area contributed by atoms with E-state index in [0.29, 0.717) is 5.56 Å². The Hall–Kier alpha value is -2.75. The van der Waals surface area contributed by atoms with Crippen molar-refractivity contribution in [3.8, 4) is 0 Å². The number of hydrogen-bond donors (Lipinski definition) is 1. The van der Waals surface area contributed by atoms with Crippen molar-refractivity contribution in [3.63, 3.8) is 0 Å². The molecule has 1 aromatic carbocycles. The lowest BCUT2D eigenvalue weighted by atomic mass is 10.2. The predicted molar refractivity (Wildman–Crippen MR) is 75.7 cm³/mol. The Balaban J connectivity index is 1.84. The quantitative estimate of drug-likeness (QED) is 0.670. The second kappa shape index (κ2) is 6.86. The lowest BCUT2D eigenvalue weighted by molar-refractivity contribution is 0.0955. The van der Waals surface area contributed by atoms with E-state index in [1.165, 1.54) is 6.21 Å². The zero-order chi connectivity index (χ0) is 13.3. The molecule has 4 heteroatoms. The van der Waals surface area contributed by atoms with Gasteiger partial charge >= 0.3 is 0 Å². The summed E-state index contributed by atoms with van der Waals surface area (Å²) < 4.78 is 0. The van der Waals surface area contributed by atoms with Crippen molar-refractivity contribution in [1.82, 2.24) is 10.4 Å². The van der Waals surface area contributed by atoms with Crippen molar-refractivity contribution in [1.29, 1.82) is 0 Å². The molecule has 1 amide bonds. The van der Waals surface area contributed by atoms with Gasteiger partial charge in [0.05, 0.1) is 0 Å². The number of carbonyl (C=O) groups is 1. The Kier molecular flexibility index (Phi) is 4.58. The first-order chi connectivity index (χ1) is 9.36. The van der Waals surface area contributed by atoms with Crippen molar-refractivity contribution in [2.45, 2.75) is 0 Å². The third-order valence-corrected chi connectivity index (χ3v) is 2.36. The molecule has 94 valence electrons. The molecule has 0 saturated heterocycles. The molecule has 0 bridgehead atoms. The van der Waals surface area contributed by atoms with Gasteiger partial charge in [0, 0.05) is 24.2 Å². The molecule has 2 rings (SSSR count). The van der Waals surface area contributed by atoms with Crippen molar-refractivity contribution >= 4 is 18.2 Å². The van der Waals surface area contributed by atoms with Crippen LogP contribution in [-0.4, -0.2) is 17.1 Å². The minimum Gasteiger partial charge on any atom is -0.267 e. The Labute approximate surface area is 111 Å². The molecule has 1 heterocycles. The van der Waals surface area contributed by atoms with Gasteiger partial charge in [-0.1, -0.05) is 36.4 Å². The zero-order valence-electron chi connectivity index (χ0n) is 10.2. The highest BCUT2D eigenvalue weighted by Gasteiger charge is 2.01. The number of amides is 1. The molecule has 0 aliphatic carbocycles. The number of rotatable bonds is 4. The van der Waals surface area contributed by atoms with Crippen LogP contribution < -0.4 is 5.43 Å². The highest BCUT2D eigenvalue weighted by Crippen LogP contribution is 1.99. The van der Waals surface area contributed by atoms with Gasteiger partial charge in [0.15, 0.2) is 0 Å². The standard InChI is InChI=1S/C15H13N3O/c19-15(14-8-11-16-12-9-14)18-17-10-4-7-13-5-2-1-3-6-13/h1-12H,(H,18,19)/b7-4-,17-10-. The summed E-state index contributed by atoms with van der Waals surface area (Å²) in [5.74, 6) is -0.258. The van der Waals surface area contributed by atoms with Crippen molar-refractivity contribution in [3.05, 3.63) is 72.1 Å². The number of hydrazone groups is 1. The van der Waals surface area contributed by atoms with Crippen LogP contribution in [0.4, 0.5) is 0 Å². The molecular weight excluding hydrogens is 238 g/mol. The molecule has 0 fully saturated rings. The first-order valence-corrected chi connectivity index (χ1v) is 5.81. The molecule has 0 atom stereocenters. The molecule has 1 N–H and O–H groups in total. The fraction of sp³-hybridized carbons (Fsp3) is 0. The van der Waals surface area contributed by atoms with Crippen LogP contribution >= 0.6 is 0 Å². The first kappa shape index (κ1) is 12.7. The fourth-order valence-corrected chi connectivity index (χ4v) is 1.43. The molecule has 0 saturated carbocycles. The van der Waals surface area contributed by atoms with Crippen molar-refractivity contribution < 1.29 is 4.79 Å². The van der Waals surface area contributed by atoms with E-state index in [4.69, 9.17) is 0 Å². The van der Waals surface area contributed by atoms with Crippen molar-refractivity contribution in [2.24, 2.45) is 5.10 Å². The van der Waals surface area contributed by atoms with E-state index in [1.54, 1.807) is 30.6 Å². The van der Waals surface area contributed by atoms with Gasteiger partial charge < -0.3 is 0 Å². The van der Waals surface area contributed by atoms with Gasteiger partial charge in [0.25, 0.3) is 5.91 Å². The summed E-state index contributed by atoms with van der Waals surface area (Å²) in [7, 11) is 0. The maximum atomic E-state index is 11.6. The van der Waals surface area contributed by atoms with Crippen LogP contribution in [0.25, 0.3) is 6.08 Å². The Morgan fingerprint density at radius 3 is 2.58 bits per heavy atom. The number of nitrogens with zero attached hydrogens (tertiary/aromatic N) is 2. The topological polar surface area (TPSA) is 54.4 Å². The number of hydrogen-bond acceptors (Lipinski definition) is 3. The number of carbonyl (C=O) groups excluding carboxylic acids is 1. The van der Waals surface area contributed by atoms with Crippen LogP contribution in [0.15, 0.2) is 66.0 Å². The number of nitrogens with one attached hydrogen (secondary N) is 1. The molecular formula is C15H13N3O. The van der Waals surface area contributed by atoms with E-state index in [-0.39, 0.29) is 5.91 Å². The summed E-state index contributed by atoms with van der Waals surface area (Å²) in [6, 6.07) is 13.1. The van der Waals surface area contributed by atoms with Gasteiger partial charge in [-0.2, -0.15) is 5.10 Å². The van der Waals surface area contributed by atoms with E-state index in [1.807, 2.05) is 36.4 Å².